The van der Waals surface area contributed by atoms with Crippen LogP contribution in [0.2, 0.25) is 0 Å². The molecule has 19 heavy (non-hydrogen) atoms. The van der Waals surface area contributed by atoms with Gasteiger partial charge in [-0.25, -0.2) is 0 Å². The lowest BCUT2D eigenvalue weighted by molar-refractivity contribution is -0.184. The largest absolute Gasteiger partial charge is 0.480 e. The number of hydrogen-bond donors (Lipinski definition) is 2. The minimum Gasteiger partial charge on any atom is -0.480 e. The van der Waals surface area contributed by atoms with E-state index in [0.717, 1.165) is 0 Å². The molecule has 7 heteroatoms. The number of carboxylic acids is 1. The van der Waals surface area contributed by atoms with Crippen LogP contribution in [0.5, 0.6) is 0 Å². The first-order chi connectivity index (χ1) is 8.70. The zero-order valence-corrected chi connectivity index (χ0v) is 10.7. The Labute approximate surface area is 109 Å². The molecule has 1 amide bonds. The summed E-state index contributed by atoms with van der Waals surface area (Å²) in [4.78, 5) is 22.0. The molecule has 0 heterocycles. The molecule has 4 nitrogen and oxygen atoms in total. The Morgan fingerprint density at radius 3 is 2.21 bits per heavy atom. The molecule has 0 unspecified atom stereocenters. The second-order valence-corrected chi connectivity index (χ2v) is 5.09. The lowest BCUT2D eigenvalue weighted by atomic mass is 9.80. The average molecular weight is 281 g/mol. The Bertz CT molecular complexity index is 336. The highest BCUT2D eigenvalue weighted by Crippen LogP contribution is 2.40. The molecule has 1 rings (SSSR count). The van der Waals surface area contributed by atoms with Gasteiger partial charge in [-0.05, 0) is 38.5 Å². The van der Waals surface area contributed by atoms with Crippen molar-refractivity contribution in [3.05, 3.63) is 0 Å². The fraction of sp³-hybridized carbons (Fsp3) is 0.833. The maximum Gasteiger partial charge on any atom is 0.391 e. The molecule has 110 valence electrons. The van der Waals surface area contributed by atoms with Gasteiger partial charge in [0.25, 0.3) is 0 Å². The molecule has 0 radical (unpaired) electrons. The van der Waals surface area contributed by atoms with Crippen LogP contribution in [0.1, 0.15) is 39.0 Å². The molecular formula is C12H18F3NO3. The van der Waals surface area contributed by atoms with Crippen LogP contribution in [0, 0.1) is 11.8 Å². The van der Waals surface area contributed by atoms with Gasteiger partial charge in [-0.1, -0.05) is 0 Å². The molecule has 0 saturated heterocycles. The Morgan fingerprint density at radius 1 is 1.26 bits per heavy atom. The SMILES string of the molecule is C[C@@H](NC(=O)CC1CCC(C(F)(F)F)CC1)C(=O)O. The van der Waals surface area contributed by atoms with Gasteiger partial charge in [0.1, 0.15) is 6.04 Å². The zero-order valence-electron chi connectivity index (χ0n) is 10.7. The summed E-state index contributed by atoms with van der Waals surface area (Å²) in [6, 6.07) is -0.973. The number of alkyl halides is 3. The number of amides is 1. The van der Waals surface area contributed by atoms with E-state index in [9.17, 15) is 22.8 Å². The molecule has 2 N–H and O–H groups in total. The molecule has 0 bridgehead atoms. The summed E-state index contributed by atoms with van der Waals surface area (Å²) in [5.41, 5.74) is 0. The lowest BCUT2D eigenvalue weighted by Gasteiger charge is -2.29. The van der Waals surface area contributed by atoms with Crippen LogP contribution in [0.3, 0.4) is 0 Å². The van der Waals surface area contributed by atoms with Crippen LogP contribution in [0.25, 0.3) is 0 Å². The first-order valence-electron chi connectivity index (χ1n) is 6.29. The number of rotatable bonds is 4. The summed E-state index contributed by atoms with van der Waals surface area (Å²) in [5, 5.41) is 10.9. The summed E-state index contributed by atoms with van der Waals surface area (Å²) in [5.74, 6) is -2.89. The number of carbonyl (C=O) groups is 2. The molecule has 0 aliphatic heterocycles. The van der Waals surface area contributed by atoms with Gasteiger partial charge >= 0.3 is 12.1 Å². The highest BCUT2D eigenvalue weighted by atomic mass is 19.4. The second kappa shape index (κ2) is 6.25. The Morgan fingerprint density at radius 2 is 1.79 bits per heavy atom. The fourth-order valence-electron chi connectivity index (χ4n) is 2.32. The van der Waals surface area contributed by atoms with Crippen molar-refractivity contribution in [2.45, 2.75) is 51.2 Å². The molecular weight excluding hydrogens is 263 g/mol. The minimum absolute atomic E-state index is 0.0515. The molecule has 0 aromatic carbocycles. The fourth-order valence-corrected chi connectivity index (χ4v) is 2.32. The number of halogens is 3. The third kappa shape index (κ3) is 5.08. The quantitative estimate of drug-likeness (QED) is 0.831. The van der Waals surface area contributed by atoms with Crippen LogP contribution in [-0.2, 0) is 9.59 Å². The molecule has 1 saturated carbocycles. The molecule has 0 aromatic heterocycles. The number of hydrogen-bond acceptors (Lipinski definition) is 2. The Balaban J connectivity index is 2.33. The van der Waals surface area contributed by atoms with Crippen molar-refractivity contribution in [2.75, 3.05) is 0 Å². The molecule has 0 aromatic rings. The van der Waals surface area contributed by atoms with E-state index in [1.54, 1.807) is 0 Å². The topological polar surface area (TPSA) is 66.4 Å². The first kappa shape index (κ1) is 15.8. The monoisotopic (exact) mass is 281 g/mol. The number of nitrogens with one attached hydrogen (secondary N) is 1. The van der Waals surface area contributed by atoms with E-state index in [1.165, 1.54) is 6.92 Å². The predicted molar refractivity (Wildman–Crippen MR) is 61.4 cm³/mol. The van der Waals surface area contributed by atoms with E-state index in [1.807, 2.05) is 0 Å². The van der Waals surface area contributed by atoms with Crippen LogP contribution < -0.4 is 5.32 Å². The molecule has 1 aliphatic rings. The normalized spacial score (nSPS) is 25.7. The highest BCUT2D eigenvalue weighted by Gasteiger charge is 2.41. The summed E-state index contributed by atoms with van der Waals surface area (Å²) >= 11 is 0. The van der Waals surface area contributed by atoms with Gasteiger partial charge in [0.05, 0.1) is 5.92 Å². The number of aliphatic carboxylic acids is 1. The van der Waals surface area contributed by atoms with Crippen molar-refractivity contribution >= 4 is 11.9 Å². The van der Waals surface area contributed by atoms with Gasteiger partial charge in [-0.3, -0.25) is 9.59 Å². The number of carbonyl (C=O) groups excluding carboxylic acids is 1. The van der Waals surface area contributed by atoms with Gasteiger partial charge in [0, 0.05) is 6.42 Å². The minimum atomic E-state index is -4.15. The van der Waals surface area contributed by atoms with Crippen molar-refractivity contribution in [3.63, 3.8) is 0 Å². The van der Waals surface area contributed by atoms with Gasteiger partial charge in [-0.2, -0.15) is 13.2 Å². The maximum absolute atomic E-state index is 12.4. The van der Waals surface area contributed by atoms with Crippen LogP contribution in [0.4, 0.5) is 13.2 Å². The lowest BCUT2D eigenvalue weighted by Crippen LogP contribution is -2.39. The maximum atomic E-state index is 12.4. The molecule has 1 fully saturated rings. The number of carboxylic acid groups (broad SMARTS) is 1. The second-order valence-electron chi connectivity index (χ2n) is 5.09. The van der Waals surface area contributed by atoms with E-state index in [0.29, 0.717) is 12.8 Å². The smallest absolute Gasteiger partial charge is 0.391 e. The van der Waals surface area contributed by atoms with Crippen molar-refractivity contribution in [1.82, 2.24) is 5.32 Å². The zero-order chi connectivity index (χ0) is 14.6. The van der Waals surface area contributed by atoms with E-state index >= 15 is 0 Å². The highest BCUT2D eigenvalue weighted by molar-refractivity contribution is 5.83. The molecule has 0 spiro atoms. The van der Waals surface area contributed by atoms with Crippen molar-refractivity contribution in [3.8, 4) is 0 Å². The average Bonchev–Trinajstić information content (AvgIpc) is 2.28. The predicted octanol–water partition coefficient (Wildman–Crippen LogP) is 2.33. The summed E-state index contributed by atoms with van der Waals surface area (Å²) in [6.45, 7) is 1.35. The third-order valence-corrected chi connectivity index (χ3v) is 3.53. The van der Waals surface area contributed by atoms with E-state index in [4.69, 9.17) is 5.11 Å². The third-order valence-electron chi connectivity index (χ3n) is 3.53. The standard InChI is InChI=1S/C12H18F3NO3/c1-7(11(18)19)16-10(17)6-8-2-4-9(5-3-8)12(13,14)15/h7-9H,2-6H2,1H3,(H,16,17)(H,18,19)/t7-,8?,9?/m1/s1. The Hall–Kier alpha value is -1.27. The van der Waals surface area contributed by atoms with Crippen LogP contribution in [-0.4, -0.2) is 29.2 Å². The van der Waals surface area contributed by atoms with Crippen LogP contribution >= 0.6 is 0 Å². The van der Waals surface area contributed by atoms with Gasteiger partial charge in [0.15, 0.2) is 0 Å². The van der Waals surface area contributed by atoms with Gasteiger partial charge < -0.3 is 10.4 Å². The first-order valence-corrected chi connectivity index (χ1v) is 6.29. The van der Waals surface area contributed by atoms with Crippen LogP contribution in [0.15, 0.2) is 0 Å². The van der Waals surface area contributed by atoms with E-state index in [2.05, 4.69) is 5.32 Å². The summed E-state index contributed by atoms with van der Waals surface area (Å²) < 4.78 is 37.3. The molecule has 1 aliphatic carbocycles. The van der Waals surface area contributed by atoms with Gasteiger partial charge in [-0.15, -0.1) is 0 Å². The van der Waals surface area contributed by atoms with Gasteiger partial charge in [0.2, 0.25) is 5.91 Å². The van der Waals surface area contributed by atoms with Crippen molar-refractivity contribution in [1.29, 1.82) is 0 Å². The van der Waals surface area contributed by atoms with E-state index < -0.39 is 30.0 Å². The Kier molecular flexibility index (Phi) is 5.20. The van der Waals surface area contributed by atoms with E-state index in [-0.39, 0.29) is 25.2 Å². The molecule has 1 atom stereocenters. The van der Waals surface area contributed by atoms with Crippen molar-refractivity contribution in [2.24, 2.45) is 11.8 Å². The summed E-state index contributed by atoms with van der Waals surface area (Å²) in [7, 11) is 0. The summed E-state index contributed by atoms with van der Waals surface area (Å²) in [6.07, 6.45) is -3.22. The van der Waals surface area contributed by atoms with Crippen molar-refractivity contribution < 1.29 is 27.9 Å².